The van der Waals surface area contributed by atoms with E-state index in [9.17, 15) is 9.18 Å². The summed E-state index contributed by atoms with van der Waals surface area (Å²) in [6.07, 6.45) is 1.01. The van der Waals surface area contributed by atoms with Crippen molar-refractivity contribution < 1.29 is 13.9 Å². The average Bonchev–Trinajstić information content (AvgIpc) is 3.04. The van der Waals surface area contributed by atoms with Crippen molar-refractivity contribution in [3.05, 3.63) is 53.6 Å². The standard InChI is InChI=1S/C19H15ClFN5O2/c20-13-2-1-3-15(16(13)21)25-17-12-6-11(4-5-14(12)23-10-24-17)26-9-19(7-22-8-19)28-18(26)27/h1-6,10,22H,7-9H2,(H,23,24,25). The first-order chi connectivity index (χ1) is 13.5. The Morgan fingerprint density at radius 3 is 2.86 bits per heavy atom. The van der Waals surface area contributed by atoms with Crippen molar-refractivity contribution in [1.29, 1.82) is 0 Å². The Morgan fingerprint density at radius 1 is 1.25 bits per heavy atom. The van der Waals surface area contributed by atoms with Crippen LogP contribution in [0.5, 0.6) is 0 Å². The zero-order chi connectivity index (χ0) is 19.3. The lowest BCUT2D eigenvalue weighted by Crippen LogP contribution is -2.61. The third-order valence-corrected chi connectivity index (χ3v) is 5.29. The zero-order valence-corrected chi connectivity index (χ0v) is 15.3. The normalized spacial score (nSPS) is 17.6. The minimum absolute atomic E-state index is 0.0169. The quantitative estimate of drug-likeness (QED) is 0.702. The molecule has 2 aliphatic heterocycles. The molecule has 0 saturated carbocycles. The predicted octanol–water partition coefficient (Wildman–Crippen LogP) is 3.46. The fourth-order valence-electron chi connectivity index (χ4n) is 3.45. The molecule has 0 aliphatic carbocycles. The molecular formula is C19H15ClFN5O2. The number of aromatic nitrogens is 2. The van der Waals surface area contributed by atoms with Crippen molar-refractivity contribution >= 4 is 45.8 Å². The smallest absolute Gasteiger partial charge is 0.415 e. The Hall–Kier alpha value is -2.97. The minimum Gasteiger partial charge on any atom is -0.438 e. The Morgan fingerprint density at radius 2 is 2.11 bits per heavy atom. The number of halogens is 2. The van der Waals surface area contributed by atoms with Gasteiger partial charge in [-0.15, -0.1) is 0 Å². The molecule has 0 unspecified atom stereocenters. The molecule has 0 bridgehead atoms. The molecule has 9 heteroatoms. The highest BCUT2D eigenvalue weighted by atomic mass is 35.5. The number of hydrogen-bond acceptors (Lipinski definition) is 6. The SMILES string of the molecule is O=C1OC2(CNC2)CN1c1ccc2ncnc(Nc3cccc(Cl)c3F)c2c1. The number of ether oxygens (including phenoxy) is 1. The lowest BCUT2D eigenvalue weighted by Gasteiger charge is -2.36. The molecule has 3 aromatic rings. The van der Waals surface area contributed by atoms with Gasteiger partial charge in [-0.1, -0.05) is 17.7 Å². The van der Waals surface area contributed by atoms with Gasteiger partial charge in [0.2, 0.25) is 0 Å². The van der Waals surface area contributed by atoms with Gasteiger partial charge < -0.3 is 15.4 Å². The van der Waals surface area contributed by atoms with E-state index in [-0.39, 0.29) is 16.8 Å². The molecule has 2 N–H and O–H groups in total. The number of nitrogens with one attached hydrogen (secondary N) is 2. The molecule has 7 nitrogen and oxygen atoms in total. The average molecular weight is 400 g/mol. The molecular weight excluding hydrogens is 385 g/mol. The highest BCUT2D eigenvalue weighted by Gasteiger charge is 2.50. The minimum atomic E-state index is -0.561. The summed E-state index contributed by atoms with van der Waals surface area (Å²) in [7, 11) is 0. The monoisotopic (exact) mass is 399 g/mol. The summed E-state index contributed by atoms with van der Waals surface area (Å²) in [6.45, 7) is 1.77. The van der Waals surface area contributed by atoms with Crippen LogP contribution in [-0.4, -0.2) is 41.3 Å². The van der Waals surface area contributed by atoms with Crippen LogP contribution >= 0.6 is 11.6 Å². The van der Waals surface area contributed by atoms with E-state index in [1.54, 1.807) is 29.2 Å². The zero-order valence-electron chi connectivity index (χ0n) is 14.6. The van der Waals surface area contributed by atoms with Crippen LogP contribution in [0, 0.1) is 5.82 Å². The van der Waals surface area contributed by atoms with Gasteiger partial charge in [0.05, 0.1) is 22.8 Å². The van der Waals surface area contributed by atoms with Crippen LogP contribution < -0.4 is 15.5 Å². The van der Waals surface area contributed by atoms with Crippen LogP contribution in [0.25, 0.3) is 10.9 Å². The van der Waals surface area contributed by atoms with Gasteiger partial charge in [-0.25, -0.2) is 19.2 Å². The van der Waals surface area contributed by atoms with E-state index >= 15 is 0 Å². The van der Waals surface area contributed by atoms with E-state index in [2.05, 4.69) is 20.6 Å². The Kier molecular flexibility index (Phi) is 3.85. The van der Waals surface area contributed by atoms with Crippen LogP contribution in [0.15, 0.2) is 42.7 Å². The molecule has 1 amide bonds. The van der Waals surface area contributed by atoms with E-state index in [4.69, 9.17) is 16.3 Å². The first-order valence-electron chi connectivity index (χ1n) is 8.72. The largest absolute Gasteiger partial charge is 0.438 e. The lowest BCUT2D eigenvalue weighted by atomic mass is 9.97. The molecule has 2 aliphatic rings. The van der Waals surface area contributed by atoms with Gasteiger partial charge >= 0.3 is 6.09 Å². The van der Waals surface area contributed by atoms with Crippen molar-refractivity contribution in [3.8, 4) is 0 Å². The van der Waals surface area contributed by atoms with E-state index in [0.29, 0.717) is 42.0 Å². The van der Waals surface area contributed by atoms with Crippen molar-refractivity contribution in [2.45, 2.75) is 5.60 Å². The van der Waals surface area contributed by atoms with Gasteiger partial charge in [0, 0.05) is 24.2 Å². The van der Waals surface area contributed by atoms with Gasteiger partial charge in [0.1, 0.15) is 12.1 Å². The molecule has 28 heavy (non-hydrogen) atoms. The summed E-state index contributed by atoms with van der Waals surface area (Å²) >= 11 is 5.86. The summed E-state index contributed by atoms with van der Waals surface area (Å²) < 4.78 is 19.8. The van der Waals surface area contributed by atoms with Crippen LogP contribution in [0.3, 0.4) is 0 Å². The number of fused-ring (bicyclic) bond motifs is 1. The van der Waals surface area contributed by atoms with E-state index in [0.717, 1.165) is 0 Å². The molecule has 142 valence electrons. The van der Waals surface area contributed by atoms with Gasteiger partial charge in [0.15, 0.2) is 11.4 Å². The molecule has 0 radical (unpaired) electrons. The van der Waals surface area contributed by atoms with E-state index in [1.807, 2.05) is 6.07 Å². The number of hydrogen-bond donors (Lipinski definition) is 2. The molecule has 5 rings (SSSR count). The second-order valence-electron chi connectivity index (χ2n) is 6.89. The van der Waals surface area contributed by atoms with Crippen LogP contribution in [0.1, 0.15) is 0 Å². The van der Waals surface area contributed by atoms with Crippen LogP contribution in [0.4, 0.5) is 26.4 Å². The number of nitrogens with zero attached hydrogens (tertiary/aromatic N) is 3. The number of benzene rings is 2. The molecule has 2 fully saturated rings. The van der Waals surface area contributed by atoms with Gasteiger partial charge in [-0.3, -0.25) is 4.90 Å². The summed E-state index contributed by atoms with van der Waals surface area (Å²) in [5.41, 5.74) is 1.09. The number of anilines is 3. The molecule has 1 aromatic heterocycles. The first kappa shape index (κ1) is 17.2. The lowest BCUT2D eigenvalue weighted by molar-refractivity contribution is 0.0142. The molecule has 2 saturated heterocycles. The number of rotatable bonds is 3. The van der Waals surface area contributed by atoms with Crippen molar-refractivity contribution in [1.82, 2.24) is 15.3 Å². The summed E-state index contributed by atoms with van der Waals surface area (Å²) in [4.78, 5) is 22.4. The maximum atomic E-state index is 14.3. The highest BCUT2D eigenvalue weighted by molar-refractivity contribution is 6.31. The predicted molar refractivity (Wildman–Crippen MR) is 104 cm³/mol. The highest BCUT2D eigenvalue weighted by Crippen LogP contribution is 2.34. The topological polar surface area (TPSA) is 79.4 Å². The maximum Gasteiger partial charge on any atom is 0.415 e. The van der Waals surface area contributed by atoms with Crippen LogP contribution in [0.2, 0.25) is 5.02 Å². The summed E-state index contributed by atoms with van der Waals surface area (Å²) in [6, 6.07) is 10.1. The van der Waals surface area contributed by atoms with E-state index in [1.165, 1.54) is 12.4 Å². The summed E-state index contributed by atoms with van der Waals surface area (Å²) in [5, 5.41) is 6.77. The Labute approximate surface area is 164 Å². The third-order valence-electron chi connectivity index (χ3n) is 5.00. The fraction of sp³-hybridized carbons (Fsp3) is 0.211. The molecule has 3 heterocycles. The Balaban J connectivity index is 1.53. The Bertz CT molecular complexity index is 1100. The number of amides is 1. The van der Waals surface area contributed by atoms with Gasteiger partial charge in [0.25, 0.3) is 0 Å². The van der Waals surface area contributed by atoms with E-state index < -0.39 is 11.4 Å². The van der Waals surface area contributed by atoms with Crippen molar-refractivity contribution in [3.63, 3.8) is 0 Å². The fourth-order valence-corrected chi connectivity index (χ4v) is 3.62. The van der Waals surface area contributed by atoms with Crippen molar-refractivity contribution in [2.24, 2.45) is 0 Å². The molecule has 1 spiro atoms. The number of carbonyl (C=O) groups excluding carboxylic acids is 1. The number of carbonyl (C=O) groups is 1. The second kappa shape index (κ2) is 6.29. The van der Waals surface area contributed by atoms with Crippen molar-refractivity contribution in [2.75, 3.05) is 29.9 Å². The van der Waals surface area contributed by atoms with Crippen LogP contribution in [-0.2, 0) is 4.74 Å². The summed E-state index contributed by atoms with van der Waals surface area (Å²) in [5.74, 6) is -0.143. The molecule has 0 atom stereocenters. The third kappa shape index (κ3) is 2.73. The second-order valence-corrected chi connectivity index (χ2v) is 7.30. The first-order valence-corrected chi connectivity index (χ1v) is 9.10. The van der Waals surface area contributed by atoms with Gasteiger partial charge in [-0.05, 0) is 30.3 Å². The maximum absolute atomic E-state index is 14.3. The molecule has 2 aromatic carbocycles. The van der Waals surface area contributed by atoms with Gasteiger partial charge in [-0.2, -0.15) is 0 Å².